The first kappa shape index (κ1) is 13.5. The van der Waals surface area contributed by atoms with Crippen LogP contribution in [0.4, 0.5) is 13.2 Å². The van der Waals surface area contributed by atoms with Crippen LogP contribution in [0.1, 0.15) is 12.8 Å². The Hall–Kier alpha value is -1.53. The molecular formula is C10H13F3N2O2. The number of hydrogen-bond donors (Lipinski definition) is 1. The van der Waals surface area contributed by atoms with E-state index in [2.05, 4.69) is 11.9 Å². The summed E-state index contributed by atoms with van der Waals surface area (Å²) in [6, 6.07) is -0.409. The van der Waals surface area contributed by atoms with Crippen molar-refractivity contribution in [3.63, 3.8) is 0 Å². The number of rotatable bonds is 3. The molecule has 0 radical (unpaired) electrons. The highest BCUT2D eigenvalue weighted by molar-refractivity contribution is 5.87. The van der Waals surface area contributed by atoms with Gasteiger partial charge in [0.2, 0.25) is 11.8 Å². The smallest absolute Gasteiger partial charge is 0.351 e. The van der Waals surface area contributed by atoms with Crippen LogP contribution in [0.25, 0.3) is 0 Å². The highest BCUT2D eigenvalue weighted by atomic mass is 19.4. The summed E-state index contributed by atoms with van der Waals surface area (Å²) >= 11 is 0. The topological polar surface area (TPSA) is 49.4 Å². The lowest BCUT2D eigenvalue weighted by Gasteiger charge is -2.15. The number of halogens is 3. The van der Waals surface area contributed by atoms with Crippen molar-refractivity contribution in [2.75, 3.05) is 13.1 Å². The molecular weight excluding hydrogens is 237 g/mol. The summed E-state index contributed by atoms with van der Waals surface area (Å²) in [5.41, 5.74) is 0. The summed E-state index contributed by atoms with van der Waals surface area (Å²) in [4.78, 5) is 23.6. The minimum absolute atomic E-state index is 0.231. The second-order valence-electron chi connectivity index (χ2n) is 3.83. The van der Waals surface area contributed by atoms with Gasteiger partial charge in [-0.1, -0.05) is 6.58 Å². The molecule has 4 nitrogen and oxygen atoms in total. The van der Waals surface area contributed by atoms with Crippen molar-refractivity contribution in [1.29, 1.82) is 0 Å². The van der Waals surface area contributed by atoms with Gasteiger partial charge >= 0.3 is 6.18 Å². The van der Waals surface area contributed by atoms with Gasteiger partial charge in [0.25, 0.3) is 0 Å². The second-order valence-corrected chi connectivity index (χ2v) is 3.83. The Morgan fingerprint density at radius 2 is 2.12 bits per heavy atom. The minimum atomic E-state index is -4.50. The summed E-state index contributed by atoms with van der Waals surface area (Å²) in [5.74, 6) is -1.34. The lowest BCUT2D eigenvalue weighted by atomic mass is 10.2. The zero-order valence-corrected chi connectivity index (χ0v) is 9.09. The maximum Gasteiger partial charge on any atom is 0.397 e. The van der Waals surface area contributed by atoms with Gasteiger partial charge in [-0.3, -0.25) is 9.59 Å². The van der Waals surface area contributed by atoms with Crippen molar-refractivity contribution in [3.8, 4) is 0 Å². The molecule has 1 rings (SSSR count). The normalized spacial score (nSPS) is 20.2. The van der Waals surface area contributed by atoms with E-state index >= 15 is 0 Å². The molecule has 1 saturated heterocycles. The minimum Gasteiger partial charge on any atom is -0.351 e. The van der Waals surface area contributed by atoms with Crippen LogP contribution in [0.15, 0.2) is 12.7 Å². The number of carbonyl (C=O) groups is 2. The largest absolute Gasteiger partial charge is 0.397 e. The fourth-order valence-corrected chi connectivity index (χ4v) is 1.67. The third-order valence-corrected chi connectivity index (χ3v) is 2.40. The van der Waals surface area contributed by atoms with Crippen LogP contribution in [0, 0.1) is 0 Å². The zero-order chi connectivity index (χ0) is 13.1. The van der Waals surface area contributed by atoms with Crippen LogP contribution >= 0.6 is 0 Å². The van der Waals surface area contributed by atoms with Gasteiger partial charge in [-0.25, -0.2) is 0 Å². The lowest BCUT2D eigenvalue weighted by molar-refractivity contribution is -0.154. The van der Waals surface area contributed by atoms with Gasteiger partial charge in [0, 0.05) is 19.1 Å². The molecule has 0 bridgehead atoms. The summed E-state index contributed by atoms with van der Waals surface area (Å²) in [6.45, 7) is 3.96. The van der Waals surface area contributed by atoms with E-state index in [4.69, 9.17) is 0 Å². The molecule has 1 aliphatic heterocycles. The Bertz CT molecular complexity index is 328. The third kappa shape index (κ3) is 4.46. The number of alkyl halides is 3. The van der Waals surface area contributed by atoms with E-state index in [1.54, 1.807) is 0 Å². The van der Waals surface area contributed by atoms with Gasteiger partial charge in [0.15, 0.2) is 0 Å². The molecule has 1 unspecified atom stereocenters. The lowest BCUT2D eigenvalue weighted by Crippen LogP contribution is -2.39. The molecule has 1 heterocycles. The van der Waals surface area contributed by atoms with Crippen LogP contribution in [0.5, 0.6) is 0 Å². The van der Waals surface area contributed by atoms with E-state index in [0.29, 0.717) is 13.0 Å². The van der Waals surface area contributed by atoms with E-state index in [1.165, 1.54) is 4.90 Å². The monoisotopic (exact) mass is 250 g/mol. The van der Waals surface area contributed by atoms with Gasteiger partial charge in [-0.05, 0) is 12.5 Å². The van der Waals surface area contributed by atoms with Crippen LogP contribution in [-0.4, -0.2) is 42.0 Å². The standard InChI is InChI=1S/C10H13F3N2O2/c1-2-9(17)15-4-3-7(6-15)14-8(16)5-10(11,12)13/h2,7H,1,3-6H2,(H,14,16). The molecule has 0 aromatic carbocycles. The first-order valence-electron chi connectivity index (χ1n) is 5.09. The summed E-state index contributed by atoms with van der Waals surface area (Å²) in [5, 5.41) is 2.26. The average molecular weight is 250 g/mol. The molecule has 96 valence electrons. The molecule has 1 fully saturated rings. The summed E-state index contributed by atoms with van der Waals surface area (Å²) in [6.07, 6.45) is -4.39. The Balaban J connectivity index is 2.38. The molecule has 7 heteroatoms. The van der Waals surface area contributed by atoms with Gasteiger partial charge in [0.05, 0.1) is 0 Å². The van der Waals surface area contributed by atoms with E-state index in [-0.39, 0.29) is 12.5 Å². The molecule has 0 aromatic heterocycles. The molecule has 1 aliphatic rings. The predicted octanol–water partition coefficient (Wildman–Crippen LogP) is 0.842. The Morgan fingerprint density at radius 1 is 1.47 bits per heavy atom. The van der Waals surface area contributed by atoms with Crippen LogP contribution in [0.3, 0.4) is 0 Å². The maximum absolute atomic E-state index is 11.9. The highest BCUT2D eigenvalue weighted by Crippen LogP contribution is 2.19. The van der Waals surface area contributed by atoms with E-state index in [9.17, 15) is 22.8 Å². The second kappa shape index (κ2) is 5.20. The van der Waals surface area contributed by atoms with Crippen molar-refractivity contribution in [2.24, 2.45) is 0 Å². The third-order valence-electron chi connectivity index (χ3n) is 2.40. The average Bonchev–Trinajstić information content (AvgIpc) is 2.62. The molecule has 0 saturated carbocycles. The highest BCUT2D eigenvalue weighted by Gasteiger charge is 2.33. The van der Waals surface area contributed by atoms with Crippen molar-refractivity contribution in [1.82, 2.24) is 10.2 Å². The van der Waals surface area contributed by atoms with Crippen molar-refractivity contribution in [3.05, 3.63) is 12.7 Å². The number of likely N-dealkylation sites (tertiary alicyclic amines) is 1. The fourth-order valence-electron chi connectivity index (χ4n) is 1.67. The van der Waals surface area contributed by atoms with Gasteiger partial charge in [-0.2, -0.15) is 13.2 Å². The molecule has 1 N–H and O–H groups in total. The Labute approximate surface area is 96.5 Å². The molecule has 1 atom stereocenters. The van der Waals surface area contributed by atoms with Crippen LogP contribution in [-0.2, 0) is 9.59 Å². The first-order chi connectivity index (χ1) is 7.81. The summed E-state index contributed by atoms with van der Waals surface area (Å²) in [7, 11) is 0. The number of amides is 2. The van der Waals surface area contributed by atoms with E-state index < -0.39 is 24.5 Å². The predicted molar refractivity (Wildman–Crippen MR) is 54.0 cm³/mol. The number of nitrogens with zero attached hydrogens (tertiary/aromatic N) is 1. The molecule has 17 heavy (non-hydrogen) atoms. The van der Waals surface area contributed by atoms with Crippen molar-refractivity contribution in [2.45, 2.75) is 25.1 Å². The molecule has 0 aliphatic carbocycles. The van der Waals surface area contributed by atoms with Crippen LogP contribution in [0.2, 0.25) is 0 Å². The van der Waals surface area contributed by atoms with E-state index in [1.807, 2.05) is 0 Å². The molecule has 0 spiro atoms. The molecule has 2 amide bonds. The van der Waals surface area contributed by atoms with Crippen molar-refractivity contribution >= 4 is 11.8 Å². The summed E-state index contributed by atoms with van der Waals surface area (Å²) < 4.78 is 35.7. The SMILES string of the molecule is C=CC(=O)N1CCC(NC(=O)CC(F)(F)F)C1. The van der Waals surface area contributed by atoms with Gasteiger partial charge in [-0.15, -0.1) is 0 Å². The Morgan fingerprint density at radius 3 is 2.65 bits per heavy atom. The Kier molecular flexibility index (Phi) is 4.14. The quantitative estimate of drug-likeness (QED) is 0.755. The number of nitrogens with one attached hydrogen (secondary N) is 1. The van der Waals surface area contributed by atoms with Gasteiger partial charge in [0.1, 0.15) is 6.42 Å². The number of carbonyl (C=O) groups excluding carboxylic acids is 2. The molecule has 0 aromatic rings. The first-order valence-corrected chi connectivity index (χ1v) is 5.09. The number of hydrogen-bond acceptors (Lipinski definition) is 2. The van der Waals surface area contributed by atoms with Gasteiger partial charge < -0.3 is 10.2 Å². The fraction of sp³-hybridized carbons (Fsp3) is 0.600. The van der Waals surface area contributed by atoms with Crippen molar-refractivity contribution < 1.29 is 22.8 Å². The zero-order valence-electron chi connectivity index (χ0n) is 9.09. The van der Waals surface area contributed by atoms with Crippen LogP contribution < -0.4 is 5.32 Å². The van der Waals surface area contributed by atoms with E-state index in [0.717, 1.165) is 6.08 Å². The maximum atomic E-state index is 11.9.